The van der Waals surface area contributed by atoms with Crippen molar-refractivity contribution in [3.05, 3.63) is 0 Å². The summed E-state index contributed by atoms with van der Waals surface area (Å²) in [5.74, 6) is 0. The molecule has 0 heterocycles. The Labute approximate surface area is 113 Å². The van der Waals surface area contributed by atoms with E-state index in [2.05, 4.69) is 5.32 Å². The zero-order valence-corrected chi connectivity index (χ0v) is 13.2. The van der Waals surface area contributed by atoms with Crippen molar-refractivity contribution in [2.24, 2.45) is 0 Å². The van der Waals surface area contributed by atoms with Crippen LogP contribution in [-0.4, -0.2) is 40.8 Å². The van der Waals surface area contributed by atoms with Crippen molar-refractivity contribution in [2.45, 2.75) is 58.9 Å². The van der Waals surface area contributed by atoms with Gasteiger partial charge in [0.2, 0.25) is 0 Å². The number of hydrogen-bond acceptors (Lipinski definition) is 4. The Morgan fingerprint density at radius 2 is 1.39 bits per heavy atom. The highest BCUT2D eigenvalue weighted by Crippen LogP contribution is 2.18. The Morgan fingerprint density at radius 3 is 1.83 bits per heavy atom. The van der Waals surface area contributed by atoms with Gasteiger partial charge in [0.1, 0.15) is 0 Å². The fraction of sp³-hybridized carbons (Fsp3) is 1.00. The molecule has 0 aromatic heterocycles. The molecule has 108 valence electrons. The van der Waals surface area contributed by atoms with Crippen LogP contribution in [0.25, 0.3) is 0 Å². The minimum absolute atomic E-state index is 0.618. The van der Waals surface area contributed by atoms with Crippen LogP contribution in [0, 0.1) is 0 Å². The van der Waals surface area contributed by atoms with Crippen molar-refractivity contribution in [3.63, 3.8) is 0 Å². The smallest absolute Gasteiger partial charge is 0.373 e. The molecular weight excluding hydrogens is 246 g/mol. The molecule has 0 spiro atoms. The summed E-state index contributed by atoms with van der Waals surface area (Å²) in [6.07, 6.45) is 7.34. The predicted octanol–water partition coefficient (Wildman–Crippen LogP) is 2.50. The zero-order valence-electron chi connectivity index (χ0n) is 12.2. The molecule has 0 bridgehead atoms. The van der Waals surface area contributed by atoms with Crippen LogP contribution in [0.1, 0.15) is 52.9 Å². The van der Waals surface area contributed by atoms with Gasteiger partial charge in [-0.05, 0) is 33.6 Å². The maximum absolute atomic E-state index is 5.83. The van der Waals surface area contributed by atoms with Crippen molar-refractivity contribution in [1.82, 2.24) is 5.32 Å². The van der Waals surface area contributed by atoms with E-state index in [0.717, 1.165) is 6.17 Å². The molecule has 1 N–H and O–H groups in total. The Bertz CT molecular complexity index is 193. The minimum atomic E-state index is -2.49. The highest BCUT2D eigenvalue weighted by Gasteiger charge is 2.40. The average Bonchev–Trinajstić information content (AvgIpc) is 2.39. The van der Waals surface area contributed by atoms with E-state index in [1.165, 1.54) is 32.1 Å². The molecule has 18 heavy (non-hydrogen) atoms. The fourth-order valence-electron chi connectivity index (χ4n) is 2.51. The van der Waals surface area contributed by atoms with E-state index in [-0.39, 0.29) is 0 Å². The Kier molecular flexibility index (Phi) is 8.09. The van der Waals surface area contributed by atoms with Gasteiger partial charge < -0.3 is 18.6 Å². The first-order valence-electron chi connectivity index (χ1n) is 7.41. The van der Waals surface area contributed by atoms with Crippen LogP contribution < -0.4 is 5.32 Å². The molecule has 1 aliphatic carbocycles. The highest BCUT2D eigenvalue weighted by molar-refractivity contribution is 6.60. The quantitative estimate of drug-likeness (QED) is 0.656. The average molecular weight is 275 g/mol. The van der Waals surface area contributed by atoms with E-state index in [1.54, 1.807) is 0 Å². The first-order valence-corrected chi connectivity index (χ1v) is 9.34. The van der Waals surface area contributed by atoms with Gasteiger partial charge in [0, 0.05) is 25.9 Å². The summed E-state index contributed by atoms with van der Waals surface area (Å²) in [6, 6.07) is 0.618. The molecule has 0 aromatic carbocycles. The minimum Gasteiger partial charge on any atom is -0.373 e. The Balaban J connectivity index is 2.46. The van der Waals surface area contributed by atoms with E-state index >= 15 is 0 Å². The molecule has 5 heteroatoms. The summed E-state index contributed by atoms with van der Waals surface area (Å²) < 4.78 is 17.5. The second-order valence-corrected chi connectivity index (χ2v) is 7.28. The van der Waals surface area contributed by atoms with E-state index in [1.807, 2.05) is 20.8 Å². The molecule has 1 fully saturated rings. The van der Waals surface area contributed by atoms with E-state index in [0.29, 0.717) is 25.9 Å². The molecule has 0 radical (unpaired) electrons. The summed E-state index contributed by atoms with van der Waals surface area (Å²) in [5.41, 5.74) is 0. The molecule has 1 aliphatic rings. The number of rotatable bonds is 9. The standard InChI is InChI=1S/C13H29NO3Si/c1-4-15-18(16-5-2,17-6-3)12-14-13-10-8-7-9-11-13/h13-14H,4-12H2,1-3H3. The zero-order chi connectivity index (χ0) is 13.3. The monoisotopic (exact) mass is 275 g/mol. The van der Waals surface area contributed by atoms with Gasteiger partial charge in [0.15, 0.2) is 0 Å². The Morgan fingerprint density at radius 1 is 0.889 bits per heavy atom. The van der Waals surface area contributed by atoms with Gasteiger partial charge in [-0.25, -0.2) is 0 Å². The SMILES string of the molecule is CCO[Si](CNC1CCCCC1)(OCC)OCC. The third kappa shape index (κ3) is 5.36. The maximum Gasteiger partial charge on any atom is 0.515 e. The molecular formula is C13H29NO3Si. The summed E-state index contributed by atoms with van der Waals surface area (Å²) in [7, 11) is -2.49. The topological polar surface area (TPSA) is 39.7 Å². The van der Waals surface area contributed by atoms with Gasteiger partial charge in [0.25, 0.3) is 0 Å². The molecule has 0 aromatic rings. The molecule has 0 atom stereocenters. The van der Waals surface area contributed by atoms with Gasteiger partial charge in [-0.1, -0.05) is 19.3 Å². The van der Waals surface area contributed by atoms with Crippen molar-refractivity contribution in [3.8, 4) is 0 Å². The number of hydrogen-bond donors (Lipinski definition) is 1. The maximum atomic E-state index is 5.83. The van der Waals surface area contributed by atoms with Crippen molar-refractivity contribution in [1.29, 1.82) is 0 Å². The molecule has 0 amide bonds. The molecule has 0 aliphatic heterocycles. The second-order valence-electron chi connectivity index (χ2n) is 4.70. The summed E-state index contributed by atoms with van der Waals surface area (Å²) in [5, 5.41) is 3.60. The van der Waals surface area contributed by atoms with E-state index in [9.17, 15) is 0 Å². The van der Waals surface area contributed by atoms with Crippen molar-refractivity contribution in [2.75, 3.05) is 26.0 Å². The third-order valence-corrected chi connectivity index (χ3v) is 6.13. The molecule has 4 nitrogen and oxygen atoms in total. The normalized spacial score (nSPS) is 18.2. The molecule has 1 rings (SSSR count). The lowest BCUT2D eigenvalue weighted by atomic mass is 9.96. The Hall–Kier alpha value is 0.0569. The van der Waals surface area contributed by atoms with Crippen LogP contribution in [0.3, 0.4) is 0 Å². The van der Waals surface area contributed by atoms with Gasteiger partial charge in [-0.2, -0.15) is 0 Å². The van der Waals surface area contributed by atoms with Crippen LogP contribution in [-0.2, 0) is 13.3 Å². The third-order valence-electron chi connectivity index (χ3n) is 3.31. The lowest BCUT2D eigenvalue weighted by Crippen LogP contribution is -2.56. The second kappa shape index (κ2) is 9.04. The number of nitrogens with one attached hydrogen (secondary N) is 1. The van der Waals surface area contributed by atoms with Gasteiger partial charge in [0.05, 0.1) is 6.17 Å². The molecule has 1 saturated carbocycles. The van der Waals surface area contributed by atoms with Crippen LogP contribution >= 0.6 is 0 Å². The first-order chi connectivity index (χ1) is 8.76. The van der Waals surface area contributed by atoms with Gasteiger partial charge >= 0.3 is 8.80 Å². The molecule has 0 saturated heterocycles. The lowest BCUT2D eigenvalue weighted by Gasteiger charge is -2.31. The van der Waals surface area contributed by atoms with Crippen molar-refractivity contribution < 1.29 is 13.3 Å². The van der Waals surface area contributed by atoms with E-state index < -0.39 is 8.80 Å². The van der Waals surface area contributed by atoms with Gasteiger partial charge in [-0.3, -0.25) is 0 Å². The van der Waals surface area contributed by atoms with E-state index in [4.69, 9.17) is 13.3 Å². The largest absolute Gasteiger partial charge is 0.515 e. The lowest BCUT2D eigenvalue weighted by molar-refractivity contribution is 0.0687. The van der Waals surface area contributed by atoms with Crippen LogP contribution in [0.15, 0.2) is 0 Å². The van der Waals surface area contributed by atoms with Crippen LogP contribution in [0.2, 0.25) is 0 Å². The summed E-state index contributed by atoms with van der Waals surface area (Å²) >= 11 is 0. The van der Waals surface area contributed by atoms with Crippen molar-refractivity contribution >= 4 is 8.80 Å². The van der Waals surface area contributed by atoms with Crippen LogP contribution in [0.4, 0.5) is 0 Å². The summed E-state index contributed by atoms with van der Waals surface area (Å²) in [6.45, 7) is 7.96. The fourth-order valence-corrected chi connectivity index (χ4v) is 4.93. The predicted molar refractivity (Wildman–Crippen MR) is 75.5 cm³/mol. The first kappa shape index (κ1) is 16.1. The highest BCUT2D eigenvalue weighted by atomic mass is 28.4. The summed E-state index contributed by atoms with van der Waals surface area (Å²) in [4.78, 5) is 0. The van der Waals surface area contributed by atoms with Gasteiger partial charge in [-0.15, -0.1) is 0 Å². The van der Waals surface area contributed by atoms with Crippen LogP contribution in [0.5, 0.6) is 0 Å². The molecule has 0 unspecified atom stereocenters.